The molecule has 1 nitrogen and oxygen atoms in total. The molecule has 0 aliphatic heterocycles. The van der Waals surface area contributed by atoms with E-state index in [1.54, 1.807) is 0 Å². The summed E-state index contributed by atoms with van der Waals surface area (Å²) in [5.41, 5.74) is 12.4. The van der Waals surface area contributed by atoms with Gasteiger partial charge in [0.15, 0.2) is 0 Å². The summed E-state index contributed by atoms with van der Waals surface area (Å²) in [6, 6.07) is 44.5. The molecule has 0 unspecified atom stereocenters. The first-order chi connectivity index (χ1) is 18.4. The van der Waals surface area contributed by atoms with Gasteiger partial charge in [-0.05, 0) is 88.5 Å². The second-order valence-electron chi connectivity index (χ2n) is 10.8. The molecule has 0 bridgehead atoms. The second-order valence-corrected chi connectivity index (χ2v) is 10.8. The molecule has 0 spiro atoms. The molecule has 0 radical (unpaired) electrons. The van der Waals surface area contributed by atoms with Crippen molar-refractivity contribution in [3.05, 3.63) is 138 Å². The van der Waals surface area contributed by atoms with Crippen LogP contribution in [0.3, 0.4) is 0 Å². The fourth-order valence-electron chi connectivity index (χ4n) is 4.87. The van der Waals surface area contributed by atoms with Crippen LogP contribution in [0.5, 0.6) is 0 Å². The van der Waals surface area contributed by atoms with Crippen LogP contribution in [0.4, 0.5) is 17.1 Å². The van der Waals surface area contributed by atoms with Crippen LogP contribution < -0.4 is 4.90 Å². The van der Waals surface area contributed by atoms with Gasteiger partial charge in [-0.2, -0.15) is 0 Å². The summed E-state index contributed by atoms with van der Waals surface area (Å²) in [7, 11) is 0. The van der Waals surface area contributed by atoms with Gasteiger partial charge >= 0.3 is 0 Å². The number of hydrogen-bond donors (Lipinski definition) is 0. The van der Waals surface area contributed by atoms with Crippen molar-refractivity contribution >= 4 is 17.1 Å². The minimum absolute atomic E-state index is 0.542. The van der Waals surface area contributed by atoms with E-state index in [9.17, 15) is 0 Å². The Morgan fingerprint density at radius 3 is 0.921 bits per heavy atom. The van der Waals surface area contributed by atoms with Crippen LogP contribution in [0.2, 0.25) is 0 Å². The van der Waals surface area contributed by atoms with E-state index in [-0.39, 0.29) is 0 Å². The largest absolute Gasteiger partial charge is 0.311 e. The fraction of sp³-hybridized carbons (Fsp3) is 0.189. The van der Waals surface area contributed by atoms with E-state index in [2.05, 4.69) is 161 Å². The first-order valence-electron chi connectivity index (χ1n) is 13.7. The van der Waals surface area contributed by atoms with Crippen molar-refractivity contribution in [2.75, 3.05) is 4.90 Å². The maximum absolute atomic E-state index is 2.33. The standard InChI is InChI=1S/C37H37N/c1-26(2)29-8-12-31(13-9-29)33-16-22-36(23-17-33)38(35-20-6-28(5)7-21-35)37-24-18-34(19-25-37)32-14-10-30(11-15-32)27(3)4/h6-27H,1-5H3. The van der Waals surface area contributed by atoms with Gasteiger partial charge in [-0.3, -0.25) is 0 Å². The van der Waals surface area contributed by atoms with E-state index in [0.717, 1.165) is 17.1 Å². The van der Waals surface area contributed by atoms with Gasteiger partial charge in [-0.25, -0.2) is 0 Å². The van der Waals surface area contributed by atoms with Gasteiger partial charge in [0.1, 0.15) is 0 Å². The highest BCUT2D eigenvalue weighted by atomic mass is 15.1. The maximum atomic E-state index is 2.33. The van der Waals surface area contributed by atoms with Crippen molar-refractivity contribution in [3.63, 3.8) is 0 Å². The molecular weight excluding hydrogens is 458 g/mol. The summed E-state index contributed by atoms with van der Waals surface area (Å²) in [5, 5.41) is 0. The quantitative estimate of drug-likeness (QED) is 0.217. The zero-order valence-electron chi connectivity index (χ0n) is 23.1. The van der Waals surface area contributed by atoms with E-state index in [1.165, 1.54) is 38.9 Å². The Labute approximate surface area is 228 Å². The van der Waals surface area contributed by atoms with Crippen molar-refractivity contribution in [2.45, 2.75) is 46.5 Å². The summed E-state index contributed by atoms with van der Waals surface area (Å²) >= 11 is 0. The number of rotatable bonds is 7. The number of benzene rings is 5. The monoisotopic (exact) mass is 495 g/mol. The normalized spacial score (nSPS) is 11.2. The first kappa shape index (κ1) is 25.5. The lowest BCUT2D eigenvalue weighted by Gasteiger charge is -2.26. The molecule has 0 aliphatic carbocycles. The Kier molecular flexibility index (Phi) is 7.47. The fourth-order valence-corrected chi connectivity index (χ4v) is 4.87. The Balaban J connectivity index is 1.47. The predicted molar refractivity (Wildman–Crippen MR) is 165 cm³/mol. The lowest BCUT2D eigenvalue weighted by atomic mass is 9.98. The van der Waals surface area contributed by atoms with Gasteiger partial charge in [0.05, 0.1) is 0 Å². The van der Waals surface area contributed by atoms with Crippen molar-refractivity contribution < 1.29 is 0 Å². The smallest absolute Gasteiger partial charge is 0.0462 e. The third-order valence-corrected chi connectivity index (χ3v) is 7.36. The number of anilines is 3. The van der Waals surface area contributed by atoms with Gasteiger partial charge in [0.2, 0.25) is 0 Å². The SMILES string of the molecule is Cc1ccc(N(c2ccc(-c3ccc(C(C)C)cc3)cc2)c2ccc(-c3ccc(C(C)C)cc3)cc2)cc1. The average molecular weight is 496 g/mol. The molecule has 0 heterocycles. The second kappa shape index (κ2) is 11.1. The average Bonchev–Trinajstić information content (AvgIpc) is 2.95. The Hall–Kier alpha value is -4.10. The van der Waals surface area contributed by atoms with Gasteiger partial charge in [-0.15, -0.1) is 0 Å². The third kappa shape index (κ3) is 5.58. The minimum atomic E-state index is 0.542. The highest BCUT2D eigenvalue weighted by molar-refractivity contribution is 5.79. The Bertz CT molecular complexity index is 1360. The van der Waals surface area contributed by atoms with Gasteiger partial charge in [0.25, 0.3) is 0 Å². The summed E-state index contributed by atoms with van der Waals surface area (Å²) in [4.78, 5) is 2.33. The summed E-state index contributed by atoms with van der Waals surface area (Å²) in [6.07, 6.45) is 0. The Morgan fingerprint density at radius 1 is 0.368 bits per heavy atom. The molecule has 5 aromatic carbocycles. The molecule has 5 aromatic rings. The molecular formula is C37H37N. The first-order valence-corrected chi connectivity index (χ1v) is 13.7. The van der Waals surface area contributed by atoms with E-state index >= 15 is 0 Å². The zero-order valence-corrected chi connectivity index (χ0v) is 23.1. The maximum Gasteiger partial charge on any atom is 0.0462 e. The number of hydrogen-bond acceptors (Lipinski definition) is 1. The number of aryl methyl sites for hydroxylation is 1. The molecule has 0 saturated heterocycles. The summed E-state index contributed by atoms with van der Waals surface area (Å²) in [5.74, 6) is 1.08. The van der Waals surface area contributed by atoms with E-state index in [1.807, 2.05) is 0 Å². The van der Waals surface area contributed by atoms with E-state index in [0.29, 0.717) is 11.8 Å². The van der Waals surface area contributed by atoms with Crippen LogP contribution in [0.25, 0.3) is 22.3 Å². The van der Waals surface area contributed by atoms with E-state index in [4.69, 9.17) is 0 Å². The molecule has 0 amide bonds. The van der Waals surface area contributed by atoms with Crippen molar-refractivity contribution in [1.82, 2.24) is 0 Å². The van der Waals surface area contributed by atoms with Crippen LogP contribution >= 0.6 is 0 Å². The molecule has 190 valence electrons. The zero-order chi connectivity index (χ0) is 26.6. The predicted octanol–water partition coefficient (Wildman–Crippen LogP) is 11.0. The molecule has 0 fully saturated rings. The molecule has 0 saturated carbocycles. The number of nitrogens with zero attached hydrogens (tertiary/aromatic N) is 1. The highest BCUT2D eigenvalue weighted by Gasteiger charge is 2.13. The summed E-state index contributed by atoms with van der Waals surface area (Å²) in [6.45, 7) is 11.1. The summed E-state index contributed by atoms with van der Waals surface area (Å²) < 4.78 is 0. The van der Waals surface area contributed by atoms with Crippen LogP contribution in [0.1, 0.15) is 56.2 Å². The molecule has 1 heteroatoms. The van der Waals surface area contributed by atoms with Crippen LogP contribution in [0, 0.1) is 6.92 Å². The molecule has 0 aliphatic rings. The topological polar surface area (TPSA) is 3.24 Å². The molecule has 0 atom stereocenters. The minimum Gasteiger partial charge on any atom is -0.311 e. The molecule has 0 aromatic heterocycles. The van der Waals surface area contributed by atoms with Crippen molar-refractivity contribution in [3.8, 4) is 22.3 Å². The van der Waals surface area contributed by atoms with Crippen molar-refractivity contribution in [1.29, 1.82) is 0 Å². The lowest BCUT2D eigenvalue weighted by Crippen LogP contribution is -2.09. The van der Waals surface area contributed by atoms with Crippen LogP contribution in [-0.2, 0) is 0 Å². The van der Waals surface area contributed by atoms with E-state index < -0.39 is 0 Å². The molecule has 38 heavy (non-hydrogen) atoms. The van der Waals surface area contributed by atoms with Gasteiger partial charge in [-0.1, -0.05) is 118 Å². The van der Waals surface area contributed by atoms with Crippen molar-refractivity contribution in [2.24, 2.45) is 0 Å². The van der Waals surface area contributed by atoms with Gasteiger partial charge < -0.3 is 4.90 Å². The molecule has 0 N–H and O–H groups in total. The van der Waals surface area contributed by atoms with Crippen LogP contribution in [-0.4, -0.2) is 0 Å². The Morgan fingerprint density at radius 2 is 0.632 bits per heavy atom. The lowest BCUT2D eigenvalue weighted by molar-refractivity contribution is 0.867. The van der Waals surface area contributed by atoms with Gasteiger partial charge in [0, 0.05) is 17.1 Å². The van der Waals surface area contributed by atoms with Crippen LogP contribution in [0.15, 0.2) is 121 Å². The third-order valence-electron chi connectivity index (χ3n) is 7.36. The highest BCUT2D eigenvalue weighted by Crippen LogP contribution is 2.37. The molecule has 5 rings (SSSR count).